The van der Waals surface area contributed by atoms with E-state index in [0.717, 1.165) is 22.9 Å². The second-order valence-electron chi connectivity index (χ2n) is 6.64. The molecule has 0 atom stereocenters. The van der Waals surface area contributed by atoms with Crippen molar-refractivity contribution in [3.8, 4) is 11.5 Å². The molecule has 0 aliphatic carbocycles. The van der Waals surface area contributed by atoms with Crippen LogP contribution in [0.1, 0.15) is 17.5 Å². The first-order valence-electron chi connectivity index (χ1n) is 8.92. The van der Waals surface area contributed by atoms with E-state index in [0.29, 0.717) is 41.0 Å². The van der Waals surface area contributed by atoms with Crippen LogP contribution in [0.3, 0.4) is 0 Å². The molecule has 1 aromatic heterocycles. The van der Waals surface area contributed by atoms with Crippen LogP contribution in [0.2, 0.25) is 5.02 Å². The zero-order valence-corrected chi connectivity index (χ0v) is 16.0. The molecule has 144 valence electrons. The third-order valence-corrected chi connectivity index (χ3v) is 4.74. The van der Waals surface area contributed by atoms with Crippen molar-refractivity contribution < 1.29 is 18.7 Å². The second-order valence-corrected chi connectivity index (χ2v) is 7.05. The summed E-state index contributed by atoms with van der Waals surface area (Å²) in [4.78, 5) is 24.0. The summed E-state index contributed by atoms with van der Waals surface area (Å²) in [6.45, 7) is 2.93. The minimum Gasteiger partial charge on any atom is -0.489 e. The van der Waals surface area contributed by atoms with Crippen molar-refractivity contribution in [1.29, 1.82) is 0 Å². The van der Waals surface area contributed by atoms with Crippen molar-refractivity contribution in [3.63, 3.8) is 0 Å². The van der Waals surface area contributed by atoms with Gasteiger partial charge in [0.1, 0.15) is 5.58 Å². The van der Waals surface area contributed by atoms with Gasteiger partial charge in [-0.3, -0.25) is 4.79 Å². The number of hydrogen-bond donors (Lipinski definition) is 1. The molecule has 0 fully saturated rings. The number of nitrogens with one attached hydrogen (secondary N) is 1. The Morgan fingerprint density at radius 3 is 2.82 bits per heavy atom. The maximum absolute atomic E-state index is 12.5. The van der Waals surface area contributed by atoms with Gasteiger partial charge in [0.2, 0.25) is 5.91 Å². The number of carbonyl (C=O) groups excluding carboxylic acids is 1. The first-order chi connectivity index (χ1) is 13.5. The van der Waals surface area contributed by atoms with Gasteiger partial charge in [-0.15, -0.1) is 0 Å². The first kappa shape index (κ1) is 18.4. The van der Waals surface area contributed by atoms with E-state index in [9.17, 15) is 9.59 Å². The first-order valence-corrected chi connectivity index (χ1v) is 9.30. The van der Waals surface area contributed by atoms with Crippen LogP contribution in [-0.2, 0) is 11.2 Å². The van der Waals surface area contributed by atoms with Gasteiger partial charge in [-0.25, -0.2) is 4.79 Å². The number of hydrogen-bond acceptors (Lipinski definition) is 5. The summed E-state index contributed by atoms with van der Waals surface area (Å²) in [7, 11) is 0. The summed E-state index contributed by atoms with van der Waals surface area (Å²) in [6.07, 6.45) is 0.893. The molecule has 2 heterocycles. The summed E-state index contributed by atoms with van der Waals surface area (Å²) in [5.74, 6) is 0.846. The van der Waals surface area contributed by atoms with Crippen LogP contribution >= 0.6 is 11.6 Å². The van der Waals surface area contributed by atoms with Gasteiger partial charge in [0, 0.05) is 29.6 Å². The van der Waals surface area contributed by atoms with Gasteiger partial charge >= 0.3 is 5.63 Å². The predicted molar refractivity (Wildman–Crippen MR) is 107 cm³/mol. The third kappa shape index (κ3) is 3.82. The van der Waals surface area contributed by atoms with Gasteiger partial charge in [-0.1, -0.05) is 11.6 Å². The topological polar surface area (TPSA) is 77.8 Å². The van der Waals surface area contributed by atoms with E-state index in [2.05, 4.69) is 5.32 Å². The lowest BCUT2D eigenvalue weighted by molar-refractivity contribution is -0.115. The largest absolute Gasteiger partial charge is 0.489 e. The molecule has 2 aromatic carbocycles. The Morgan fingerprint density at radius 2 is 1.96 bits per heavy atom. The standard InChI is InChI=1S/C21H18ClNO5/c1-12-7-20(25)28-17-11-14(3-4-15(12)17)23-19(24)10-13-8-16(22)21-18(9-13)26-5-2-6-27-21/h3-4,7-9,11H,2,5-6,10H2,1H3,(H,23,24). The van der Waals surface area contributed by atoms with E-state index < -0.39 is 5.63 Å². The van der Waals surface area contributed by atoms with Crippen molar-refractivity contribution in [2.24, 2.45) is 0 Å². The Kier molecular flexibility index (Phi) is 4.96. The predicted octanol–water partition coefficient (Wildman–Crippen LogP) is 4.10. The molecule has 0 saturated carbocycles. The number of amides is 1. The van der Waals surface area contributed by atoms with Gasteiger partial charge < -0.3 is 19.2 Å². The molecule has 0 unspecified atom stereocenters. The monoisotopic (exact) mass is 399 g/mol. The molecule has 0 saturated heterocycles. The lowest BCUT2D eigenvalue weighted by Crippen LogP contribution is -2.14. The van der Waals surface area contributed by atoms with Crippen molar-refractivity contribution >= 4 is 34.2 Å². The second kappa shape index (κ2) is 7.56. The molecular weight excluding hydrogens is 382 g/mol. The van der Waals surface area contributed by atoms with E-state index in [-0.39, 0.29) is 12.3 Å². The third-order valence-electron chi connectivity index (χ3n) is 4.46. The van der Waals surface area contributed by atoms with Crippen molar-refractivity contribution in [2.45, 2.75) is 19.8 Å². The molecule has 1 N–H and O–H groups in total. The lowest BCUT2D eigenvalue weighted by Gasteiger charge is -2.12. The van der Waals surface area contributed by atoms with Gasteiger partial charge in [-0.05, 0) is 42.3 Å². The van der Waals surface area contributed by atoms with Crippen LogP contribution in [0, 0.1) is 6.92 Å². The van der Waals surface area contributed by atoms with E-state index in [4.69, 9.17) is 25.5 Å². The average Bonchev–Trinajstić information content (AvgIpc) is 2.87. The van der Waals surface area contributed by atoms with Crippen LogP contribution in [-0.4, -0.2) is 19.1 Å². The summed E-state index contributed by atoms with van der Waals surface area (Å²) >= 11 is 6.28. The highest BCUT2D eigenvalue weighted by molar-refractivity contribution is 6.32. The highest BCUT2D eigenvalue weighted by atomic mass is 35.5. The molecular formula is C21H18ClNO5. The molecule has 0 radical (unpaired) electrons. The highest BCUT2D eigenvalue weighted by Crippen LogP contribution is 2.38. The number of halogens is 1. The molecule has 6 nitrogen and oxygen atoms in total. The Balaban J connectivity index is 1.53. The average molecular weight is 400 g/mol. The van der Waals surface area contributed by atoms with E-state index in [1.165, 1.54) is 6.07 Å². The van der Waals surface area contributed by atoms with Crippen molar-refractivity contribution in [3.05, 3.63) is 63.0 Å². The van der Waals surface area contributed by atoms with Crippen LogP contribution in [0.25, 0.3) is 11.0 Å². The number of aryl methyl sites for hydroxylation is 1. The maximum Gasteiger partial charge on any atom is 0.336 e. The molecule has 28 heavy (non-hydrogen) atoms. The van der Waals surface area contributed by atoms with Gasteiger partial charge in [-0.2, -0.15) is 0 Å². The number of anilines is 1. The van der Waals surface area contributed by atoms with Gasteiger partial charge in [0.05, 0.1) is 24.7 Å². The maximum atomic E-state index is 12.5. The smallest absolute Gasteiger partial charge is 0.336 e. The van der Waals surface area contributed by atoms with Crippen LogP contribution in [0.15, 0.2) is 45.6 Å². The summed E-state index contributed by atoms with van der Waals surface area (Å²) in [5.41, 5.74) is 2.10. The Hall–Kier alpha value is -2.99. The van der Waals surface area contributed by atoms with Crippen molar-refractivity contribution in [1.82, 2.24) is 0 Å². The zero-order chi connectivity index (χ0) is 19.7. The van der Waals surface area contributed by atoms with E-state index in [1.54, 1.807) is 24.3 Å². The molecule has 0 bridgehead atoms. The quantitative estimate of drug-likeness (QED) is 0.671. The Bertz CT molecular complexity index is 1120. The fourth-order valence-electron chi connectivity index (χ4n) is 3.18. The fraction of sp³-hybridized carbons (Fsp3) is 0.238. The SMILES string of the molecule is Cc1cc(=O)oc2cc(NC(=O)Cc3cc(Cl)c4c(c3)OCCCO4)ccc12. The number of carbonyl (C=O) groups is 1. The Morgan fingerprint density at radius 1 is 1.14 bits per heavy atom. The van der Waals surface area contributed by atoms with Crippen LogP contribution in [0.5, 0.6) is 11.5 Å². The molecule has 0 spiro atoms. The van der Waals surface area contributed by atoms with E-state index >= 15 is 0 Å². The summed E-state index contributed by atoms with van der Waals surface area (Å²) in [5, 5.41) is 4.06. The molecule has 7 heteroatoms. The fourth-order valence-corrected chi connectivity index (χ4v) is 3.47. The molecule has 1 amide bonds. The molecule has 3 aromatic rings. The Labute approximate surface area is 166 Å². The zero-order valence-electron chi connectivity index (χ0n) is 15.2. The van der Waals surface area contributed by atoms with Crippen LogP contribution in [0.4, 0.5) is 5.69 Å². The number of rotatable bonds is 3. The molecule has 1 aliphatic rings. The van der Waals surface area contributed by atoms with Crippen molar-refractivity contribution in [2.75, 3.05) is 18.5 Å². The normalized spacial score (nSPS) is 13.2. The number of ether oxygens (including phenoxy) is 2. The minimum absolute atomic E-state index is 0.117. The van der Waals surface area contributed by atoms with Gasteiger partial charge in [0.15, 0.2) is 11.5 Å². The molecule has 1 aliphatic heterocycles. The summed E-state index contributed by atoms with van der Waals surface area (Å²) in [6, 6.07) is 10.1. The lowest BCUT2D eigenvalue weighted by atomic mass is 10.1. The van der Waals surface area contributed by atoms with E-state index in [1.807, 2.05) is 13.0 Å². The minimum atomic E-state index is -0.421. The summed E-state index contributed by atoms with van der Waals surface area (Å²) < 4.78 is 16.5. The highest BCUT2D eigenvalue weighted by Gasteiger charge is 2.17. The number of fused-ring (bicyclic) bond motifs is 2. The number of benzene rings is 2. The molecule has 4 rings (SSSR count). The van der Waals surface area contributed by atoms with Gasteiger partial charge in [0.25, 0.3) is 0 Å². The van der Waals surface area contributed by atoms with Crippen LogP contribution < -0.4 is 20.4 Å².